The van der Waals surface area contributed by atoms with Gasteiger partial charge in [0.05, 0.1) is 27.8 Å². The first-order valence-corrected chi connectivity index (χ1v) is 10.5. The van der Waals surface area contributed by atoms with Crippen LogP contribution in [0.1, 0.15) is 60.8 Å². The van der Waals surface area contributed by atoms with Crippen LogP contribution in [0.4, 0.5) is 0 Å². The normalized spacial score (nSPS) is 19.9. The average Bonchev–Trinajstić information content (AvgIpc) is 2.46. The summed E-state index contributed by atoms with van der Waals surface area (Å²) >= 11 is 0. The first kappa shape index (κ1) is 28.7. The van der Waals surface area contributed by atoms with Crippen LogP contribution in [0, 0.1) is 0 Å². The summed E-state index contributed by atoms with van der Waals surface area (Å²) < 4.78 is 0. The Hall–Kier alpha value is -0.467. The molecule has 0 aliphatic carbocycles. The molecule has 27 heavy (non-hydrogen) atoms. The molecule has 0 spiro atoms. The molecule has 2 unspecified atom stereocenters. The van der Waals surface area contributed by atoms with Crippen molar-refractivity contribution in [2.45, 2.75) is 83.3 Å². The second-order valence-electron chi connectivity index (χ2n) is 8.33. The van der Waals surface area contributed by atoms with Gasteiger partial charge in [0.1, 0.15) is 5.78 Å². The van der Waals surface area contributed by atoms with Crippen molar-refractivity contribution in [3.63, 3.8) is 0 Å². The van der Waals surface area contributed by atoms with Crippen LogP contribution in [0.25, 0.3) is 0 Å². The van der Waals surface area contributed by atoms with E-state index in [2.05, 4.69) is 64.8 Å². The molecule has 4 nitrogen and oxygen atoms in total. The monoisotopic (exact) mass is 485 g/mol. The number of hydrogen-bond acceptors (Lipinski definition) is 4. The van der Waals surface area contributed by atoms with Gasteiger partial charge in [-0.05, 0) is 60.1 Å². The van der Waals surface area contributed by atoms with E-state index in [9.17, 15) is 4.79 Å². The fourth-order valence-corrected chi connectivity index (χ4v) is 8.69. The minimum Gasteiger partial charge on any atom is -0.545 e. The zero-order chi connectivity index (χ0) is 20.5. The van der Waals surface area contributed by atoms with E-state index in [1.807, 2.05) is 0 Å². The van der Waals surface area contributed by atoms with E-state index in [-0.39, 0.29) is 42.0 Å². The van der Waals surface area contributed by atoms with Crippen molar-refractivity contribution < 1.29 is 39.3 Å². The molecule has 1 saturated heterocycles. The summed E-state index contributed by atoms with van der Waals surface area (Å²) in [6.07, 6.45) is 1.22. The molecular formula is C21H35O4PRh. The number of rotatable bonds is 3. The van der Waals surface area contributed by atoms with Crippen LogP contribution < -0.4 is 5.30 Å². The average molecular weight is 485 g/mol. The van der Waals surface area contributed by atoms with Crippen LogP contribution in [-0.4, -0.2) is 45.3 Å². The number of carbonyl (C=O) groups is 1. The molecule has 0 bridgehead atoms. The van der Waals surface area contributed by atoms with Gasteiger partial charge < -0.3 is 15.0 Å². The van der Waals surface area contributed by atoms with E-state index < -0.39 is 7.92 Å². The van der Waals surface area contributed by atoms with Gasteiger partial charge in [-0.3, -0.25) is 11.6 Å². The Labute approximate surface area is 178 Å². The van der Waals surface area contributed by atoms with E-state index in [4.69, 9.17) is 15.0 Å². The molecule has 1 aliphatic rings. The van der Waals surface area contributed by atoms with Crippen molar-refractivity contribution in [1.82, 2.24) is 0 Å². The zero-order valence-corrected chi connectivity index (χ0v) is 19.9. The molecule has 1 heterocycles. The fraction of sp³-hybridized carbons (Fsp3) is 0.619. The molecule has 1 radical (unpaired) electrons. The molecule has 0 aromatic heterocycles. The summed E-state index contributed by atoms with van der Waals surface area (Å²) in [4.78, 5) is 19.6. The van der Waals surface area contributed by atoms with Gasteiger partial charge in [0.2, 0.25) is 0 Å². The van der Waals surface area contributed by atoms with Crippen molar-refractivity contribution in [2.75, 3.05) is 0 Å². The minimum absolute atomic E-state index is 0. The number of carbonyl (C=O) groups excluding carboxylic acids is 2. The van der Waals surface area contributed by atoms with Gasteiger partial charge in [-0.15, -0.1) is 0 Å². The smallest absolute Gasteiger partial charge is 0.141 e. The van der Waals surface area contributed by atoms with Gasteiger partial charge in [0.25, 0.3) is 0 Å². The maximum Gasteiger partial charge on any atom is 0.141 e. The second kappa shape index (κ2) is 12.9. The van der Waals surface area contributed by atoms with E-state index >= 15 is 0 Å². The topological polar surface area (TPSA) is 74.6 Å². The Balaban J connectivity index is 0. The van der Waals surface area contributed by atoms with E-state index in [0.29, 0.717) is 12.2 Å². The third kappa shape index (κ3) is 10.0. The Kier molecular flexibility index (Phi) is 13.7. The maximum absolute atomic E-state index is 11.9. The number of benzene rings is 1. The Morgan fingerprint density at radius 3 is 1.63 bits per heavy atom. The molecule has 2 atom stereocenters. The third-order valence-electron chi connectivity index (χ3n) is 4.38. The van der Waals surface area contributed by atoms with Crippen LogP contribution in [0.3, 0.4) is 0 Å². The van der Waals surface area contributed by atoms with Crippen molar-refractivity contribution in [1.29, 1.82) is 0 Å². The Bertz CT molecular complexity index is 518. The molecule has 2 rings (SSSR count). The van der Waals surface area contributed by atoms with Crippen LogP contribution >= 0.6 is 7.92 Å². The molecule has 2 N–H and O–H groups in total. The first-order chi connectivity index (χ1) is 12.0. The van der Waals surface area contributed by atoms with Crippen LogP contribution in [0.15, 0.2) is 30.3 Å². The number of aliphatic hydroxyl groups excluding tert-OH is 2. The minimum atomic E-state index is -0.731. The number of hydrogen-bond donors (Lipinski definition) is 2. The Morgan fingerprint density at radius 2 is 1.33 bits per heavy atom. The summed E-state index contributed by atoms with van der Waals surface area (Å²) in [6.45, 7) is 15.7. The van der Waals surface area contributed by atoms with Gasteiger partial charge >= 0.3 is 0 Å². The fourth-order valence-electron chi connectivity index (χ4n) is 4.02. The third-order valence-corrected chi connectivity index (χ3v) is 8.35. The summed E-state index contributed by atoms with van der Waals surface area (Å²) in [5, 5.41) is 18.9. The van der Waals surface area contributed by atoms with Gasteiger partial charge in [-0.25, -0.2) is 0 Å². The summed E-state index contributed by atoms with van der Waals surface area (Å²) in [7, 11) is -0.731. The molecular weight excluding hydrogens is 450 g/mol. The molecule has 1 aromatic rings. The van der Waals surface area contributed by atoms with Gasteiger partial charge in [0, 0.05) is 40.2 Å². The largest absolute Gasteiger partial charge is 0.545 e. The van der Waals surface area contributed by atoms with E-state index in [1.54, 1.807) is 13.8 Å². The van der Waals surface area contributed by atoms with Gasteiger partial charge in [0.15, 0.2) is 0 Å². The predicted molar refractivity (Wildman–Crippen MR) is 112 cm³/mol. The van der Waals surface area contributed by atoms with E-state index in [1.165, 1.54) is 5.30 Å². The molecule has 1 aliphatic heterocycles. The zero-order valence-electron chi connectivity index (χ0n) is 17.3. The van der Waals surface area contributed by atoms with Crippen molar-refractivity contribution >= 4 is 25.8 Å². The first-order valence-electron chi connectivity index (χ1n) is 9.00. The second-order valence-corrected chi connectivity index (χ2v) is 12.4. The van der Waals surface area contributed by atoms with Crippen molar-refractivity contribution in [3.8, 4) is 0 Å². The maximum atomic E-state index is 11.9. The summed E-state index contributed by atoms with van der Waals surface area (Å²) in [5.74, 6) is 0.435. The molecule has 0 amide bonds. The predicted octanol–water partition coefficient (Wildman–Crippen LogP) is 3.31. The summed E-state index contributed by atoms with van der Waals surface area (Å²) in [6, 6.07) is 10.8. The Morgan fingerprint density at radius 1 is 0.963 bits per heavy atom. The molecule has 157 valence electrons. The standard InChI is InChI=1S/C15H21OP.C5H12O2.CHO.Rh/c1-14(2)10-12(16)11-15(3,4)17(14)13-8-6-5-7-9-13;1-4(6)3-5(2)7;1-2;/h5-9H,10-11H2,1-4H3;4-7H,3H2,1-2H3;1H;/q;;-1;/p+1. The van der Waals surface area contributed by atoms with Gasteiger partial charge in [-0.2, -0.15) is 0 Å². The number of Topliss-reactive ketones (excluding diaryl/α,β-unsaturated/α-hetero) is 1. The van der Waals surface area contributed by atoms with Gasteiger partial charge in [-0.1, -0.05) is 18.2 Å². The number of aliphatic hydroxyl groups is 2. The quantitative estimate of drug-likeness (QED) is 0.298. The van der Waals surface area contributed by atoms with Crippen molar-refractivity contribution in [3.05, 3.63) is 30.3 Å². The van der Waals surface area contributed by atoms with E-state index in [0.717, 1.165) is 12.8 Å². The van der Waals surface area contributed by atoms with Crippen LogP contribution in [0.2, 0.25) is 0 Å². The number of ketones is 1. The molecule has 1 aromatic carbocycles. The van der Waals surface area contributed by atoms with Crippen LogP contribution in [-0.2, 0) is 29.1 Å². The van der Waals surface area contributed by atoms with Crippen LogP contribution in [0.5, 0.6) is 0 Å². The molecule has 0 saturated carbocycles. The van der Waals surface area contributed by atoms with Crippen molar-refractivity contribution in [2.24, 2.45) is 0 Å². The molecule has 1 fully saturated rings. The SMILES string of the molecule is CC(O)CC(C)O.CC1(C)CC(=O)CC(C)(C)[PH+]1c1ccccc1.[CH-]=O.[Rh]. The molecule has 6 heteroatoms. The summed E-state index contributed by atoms with van der Waals surface area (Å²) in [5.41, 5.74) is 0.